The molecule has 24 heavy (non-hydrogen) atoms. The van der Waals surface area contributed by atoms with Crippen molar-refractivity contribution in [2.24, 2.45) is 29.1 Å². The molecule has 2 heterocycles. The molecule has 6 aliphatic rings. The van der Waals surface area contributed by atoms with Gasteiger partial charge in [-0.1, -0.05) is 0 Å². The van der Waals surface area contributed by atoms with E-state index in [0.717, 1.165) is 19.3 Å². The first-order chi connectivity index (χ1) is 11.5. The maximum Gasteiger partial charge on any atom is 0.253 e. The standard InChI is InChI=1S/C18H18N2O4/c21-14-3-4-15(22)19(14)8-13-11-7-10-1-2-12(11)18(10,13)9-20-16(23)5-6-17(20)24/h3-6,10-13H,1-2,7-9H2. The molecule has 6 heteroatoms. The van der Waals surface area contributed by atoms with E-state index < -0.39 is 0 Å². The lowest BCUT2D eigenvalue weighted by atomic mass is 9.52. The molecule has 5 atom stereocenters. The summed E-state index contributed by atoms with van der Waals surface area (Å²) in [6.45, 7) is 0.865. The predicted octanol–water partition coefficient (Wildman–Crippen LogP) is 0.499. The SMILES string of the molecule is O=C1C=CC(=O)N1CC1C2CC3CCC2C31CN1C(=O)C=CC1=O. The second-order valence-electron chi connectivity index (χ2n) is 7.72. The molecular formula is C18H18N2O4. The zero-order valence-electron chi connectivity index (χ0n) is 13.2. The average Bonchev–Trinajstić information content (AvgIpc) is 3.30. The average molecular weight is 326 g/mol. The summed E-state index contributed by atoms with van der Waals surface area (Å²) in [4.78, 5) is 50.5. The fourth-order valence-corrected chi connectivity index (χ4v) is 6.30. The third kappa shape index (κ3) is 1.51. The van der Waals surface area contributed by atoms with Crippen molar-refractivity contribution in [2.45, 2.75) is 19.3 Å². The van der Waals surface area contributed by atoms with Crippen LogP contribution >= 0.6 is 0 Å². The van der Waals surface area contributed by atoms with Gasteiger partial charge in [-0.3, -0.25) is 29.0 Å². The van der Waals surface area contributed by atoms with Crippen LogP contribution in [0, 0.1) is 29.1 Å². The van der Waals surface area contributed by atoms with Gasteiger partial charge in [0.25, 0.3) is 23.6 Å². The van der Waals surface area contributed by atoms with Crippen LogP contribution in [0.4, 0.5) is 0 Å². The molecule has 2 aliphatic heterocycles. The van der Waals surface area contributed by atoms with Crippen LogP contribution in [0.1, 0.15) is 19.3 Å². The van der Waals surface area contributed by atoms with Crippen LogP contribution < -0.4 is 0 Å². The number of amides is 4. The minimum atomic E-state index is -0.246. The van der Waals surface area contributed by atoms with Crippen LogP contribution in [0.2, 0.25) is 0 Å². The van der Waals surface area contributed by atoms with Crippen molar-refractivity contribution >= 4 is 23.6 Å². The van der Waals surface area contributed by atoms with Gasteiger partial charge >= 0.3 is 0 Å². The Morgan fingerprint density at radius 1 is 0.875 bits per heavy atom. The molecule has 4 bridgehead atoms. The number of rotatable bonds is 4. The van der Waals surface area contributed by atoms with Crippen molar-refractivity contribution in [1.29, 1.82) is 0 Å². The third-order valence-corrected chi connectivity index (χ3v) is 7.17. The third-order valence-electron chi connectivity index (χ3n) is 7.17. The monoisotopic (exact) mass is 326 g/mol. The molecule has 0 spiro atoms. The van der Waals surface area contributed by atoms with Gasteiger partial charge in [0.15, 0.2) is 0 Å². The van der Waals surface area contributed by atoms with Crippen molar-refractivity contribution in [3.8, 4) is 0 Å². The molecule has 0 aromatic rings. The highest BCUT2D eigenvalue weighted by Gasteiger charge is 2.74. The van der Waals surface area contributed by atoms with Gasteiger partial charge in [0.2, 0.25) is 0 Å². The summed E-state index contributed by atoms with van der Waals surface area (Å²) in [6.07, 6.45) is 8.67. The lowest BCUT2D eigenvalue weighted by molar-refractivity contribution is -0.151. The Morgan fingerprint density at radius 2 is 1.46 bits per heavy atom. The smallest absolute Gasteiger partial charge is 0.253 e. The number of carbonyl (C=O) groups is 4. The van der Waals surface area contributed by atoms with Crippen molar-refractivity contribution < 1.29 is 19.2 Å². The molecular weight excluding hydrogens is 308 g/mol. The summed E-state index contributed by atoms with van der Waals surface area (Å²) in [7, 11) is 0. The molecule has 0 aromatic heterocycles. The molecule has 0 radical (unpaired) electrons. The van der Waals surface area contributed by atoms with Gasteiger partial charge in [-0.25, -0.2) is 0 Å². The first-order valence-corrected chi connectivity index (χ1v) is 8.59. The number of hydrogen-bond donors (Lipinski definition) is 0. The lowest BCUT2D eigenvalue weighted by Crippen LogP contribution is -2.59. The van der Waals surface area contributed by atoms with Crippen molar-refractivity contribution in [2.75, 3.05) is 13.1 Å². The van der Waals surface area contributed by atoms with E-state index in [0.29, 0.717) is 30.8 Å². The molecule has 0 N–H and O–H groups in total. The molecule has 4 aliphatic carbocycles. The molecule has 0 saturated heterocycles. The highest BCUT2D eigenvalue weighted by atomic mass is 16.2. The van der Waals surface area contributed by atoms with E-state index in [2.05, 4.69) is 0 Å². The number of hydrogen-bond acceptors (Lipinski definition) is 4. The van der Waals surface area contributed by atoms with E-state index in [1.165, 1.54) is 34.1 Å². The summed E-state index contributed by atoms with van der Waals surface area (Å²) in [5.74, 6) is 0.784. The van der Waals surface area contributed by atoms with Crippen LogP contribution in [0.3, 0.4) is 0 Å². The van der Waals surface area contributed by atoms with Crippen LogP contribution in [0.25, 0.3) is 0 Å². The Bertz CT molecular complexity index is 710. The van der Waals surface area contributed by atoms with Gasteiger partial charge in [0.1, 0.15) is 0 Å². The Labute approximate surface area is 139 Å². The summed E-state index contributed by atoms with van der Waals surface area (Å²) < 4.78 is 0. The van der Waals surface area contributed by atoms with Crippen LogP contribution in [0.15, 0.2) is 24.3 Å². The van der Waals surface area contributed by atoms with Gasteiger partial charge in [0, 0.05) is 37.4 Å². The topological polar surface area (TPSA) is 74.8 Å². The van der Waals surface area contributed by atoms with E-state index in [1.807, 2.05) is 0 Å². The predicted molar refractivity (Wildman–Crippen MR) is 82.0 cm³/mol. The minimum absolute atomic E-state index is 0.0921. The fraction of sp³-hybridized carbons (Fsp3) is 0.556. The van der Waals surface area contributed by atoms with E-state index >= 15 is 0 Å². The zero-order valence-corrected chi connectivity index (χ0v) is 13.2. The van der Waals surface area contributed by atoms with E-state index in [1.54, 1.807) is 0 Å². The second-order valence-corrected chi connectivity index (χ2v) is 7.72. The van der Waals surface area contributed by atoms with Crippen LogP contribution in [0.5, 0.6) is 0 Å². The number of nitrogens with zero attached hydrogens (tertiary/aromatic N) is 2. The Balaban J connectivity index is 1.42. The van der Waals surface area contributed by atoms with Crippen molar-refractivity contribution in [1.82, 2.24) is 9.80 Å². The Morgan fingerprint density at radius 3 is 2.04 bits per heavy atom. The zero-order chi connectivity index (χ0) is 16.6. The summed E-state index contributed by atoms with van der Waals surface area (Å²) in [6, 6.07) is 0. The summed E-state index contributed by atoms with van der Waals surface area (Å²) in [5, 5.41) is 0. The maximum absolute atomic E-state index is 12.0. The molecule has 5 unspecified atom stereocenters. The molecule has 4 fully saturated rings. The van der Waals surface area contributed by atoms with Gasteiger partial charge in [-0.15, -0.1) is 0 Å². The van der Waals surface area contributed by atoms with E-state index in [4.69, 9.17) is 0 Å². The summed E-state index contributed by atoms with van der Waals surface area (Å²) >= 11 is 0. The molecule has 0 aromatic carbocycles. The van der Waals surface area contributed by atoms with Crippen LogP contribution in [-0.4, -0.2) is 46.5 Å². The molecule has 124 valence electrons. The van der Waals surface area contributed by atoms with Gasteiger partial charge in [0.05, 0.1) is 0 Å². The quantitative estimate of drug-likeness (QED) is 0.705. The molecule has 6 rings (SSSR count). The lowest BCUT2D eigenvalue weighted by Gasteiger charge is -2.55. The summed E-state index contributed by atoms with van der Waals surface area (Å²) in [5.41, 5.74) is -0.0921. The van der Waals surface area contributed by atoms with Crippen LogP contribution in [-0.2, 0) is 19.2 Å². The van der Waals surface area contributed by atoms with Crippen molar-refractivity contribution in [3.05, 3.63) is 24.3 Å². The Hall–Kier alpha value is -2.24. The van der Waals surface area contributed by atoms with E-state index in [-0.39, 0.29) is 35.0 Å². The van der Waals surface area contributed by atoms with Crippen molar-refractivity contribution in [3.63, 3.8) is 0 Å². The normalized spacial score (nSPS) is 42.0. The second kappa shape index (κ2) is 4.43. The fourth-order valence-electron chi connectivity index (χ4n) is 6.30. The minimum Gasteiger partial charge on any atom is -0.275 e. The highest BCUT2D eigenvalue weighted by Crippen LogP contribution is 2.76. The first kappa shape index (κ1) is 14.1. The number of carbonyl (C=O) groups excluding carboxylic acids is 4. The highest BCUT2D eigenvalue weighted by molar-refractivity contribution is 6.13. The molecule has 4 amide bonds. The molecule has 6 nitrogen and oxygen atoms in total. The van der Waals surface area contributed by atoms with E-state index in [9.17, 15) is 19.2 Å². The van der Waals surface area contributed by atoms with Gasteiger partial charge in [-0.05, 0) is 48.3 Å². The molecule has 4 saturated carbocycles. The number of imide groups is 2. The largest absolute Gasteiger partial charge is 0.275 e. The Kier molecular flexibility index (Phi) is 2.61. The first-order valence-electron chi connectivity index (χ1n) is 8.59. The maximum atomic E-state index is 12.0. The van der Waals surface area contributed by atoms with Gasteiger partial charge < -0.3 is 0 Å². The van der Waals surface area contributed by atoms with Gasteiger partial charge in [-0.2, -0.15) is 0 Å².